The maximum absolute atomic E-state index is 12.4. The first-order valence-electron chi connectivity index (χ1n) is 7.34. The Morgan fingerprint density at radius 3 is 2.42 bits per heavy atom. The van der Waals surface area contributed by atoms with Gasteiger partial charge in [0, 0.05) is 6.07 Å². The minimum atomic E-state index is -4.00. The van der Waals surface area contributed by atoms with Crippen LogP contribution in [0.3, 0.4) is 0 Å². The number of hydrogen-bond acceptors (Lipinski definition) is 7. The molecule has 9 nitrogen and oxygen atoms in total. The summed E-state index contributed by atoms with van der Waals surface area (Å²) in [6.07, 6.45) is -0.678. The monoisotopic (exact) mass is 377 g/mol. The number of rotatable bonds is 5. The van der Waals surface area contributed by atoms with Crippen LogP contribution in [0.5, 0.6) is 11.5 Å². The van der Waals surface area contributed by atoms with E-state index < -0.39 is 16.2 Å². The predicted molar refractivity (Wildman–Crippen MR) is 92.9 cm³/mol. The highest BCUT2D eigenvalue weighted by Gasteiger charge is 2.17. The molecule has 0 spiro atoms. The lowest BCUT2D eigenvalue weighted by Crippen LogP contribution is -2.11. The number of aromatic nitrogens is 2. The van der Waals surface area contributed by atoms with Crippen molar-refractivity contribution in [1.82, 2.24) is 9.97 Å². The third-order valence-electron chi connectivity index (χ3n) is 3.41. The van der Waals surface area contributed by atoms with Crippen molar-refractivity contribution in [3.63, 3.8) is 0 Å². The van der Waals surface area contributed by atoms with Gasteiger partial charge in [0.1, 0.15) is 16.4 Å². The average Bonchev–Trinajstić information content (AvgIpc) is 3.02. The molecule has 2 aromatic carbocycles. The number of H-pyrrole nitrogens is 1. The van der Waals surface area contributed by atoms with Crippen LogP contribution in [0, 0.1) is 0 Å². The standard InChI is InChI=1S/C16H15N3O6S/c1-23-10-3-6-12(7-4-10)26(21,22)25-11-5-8-13-14(9-11)18-15(17-13)19-16(20)24-2/h3-9H,1-2H3,(H2,17,18,19,20). The highest BCUT2D eigenvalue weighted by atomic mass is 32.2. The van der Waals surface area contributed by atoms with Crippen molar-refractivity contribution in [3.8, 4) is 11.5 Å². The normalized spacial score (nSPS) is 11.2. The summed E-state index contributed by atoms with van der Waals surface area (Å²) in [7, 11) is -1.28. The maximum atomic E-state index is 12.4. The highest BCUT2D eigenvalue weighted by Crippen LogP contribution is 2.24. The Morgan fingerprint density at radius 1 is 1.08 bits per heavy atom. The van der Waals surface area contributed by atoms with E-state index in [1.54, 1.807) is 6.07 Å². The van der Waals surface area contributed by atoms with Crippen LogP contribution in [0.25, 0.3) is 11.0 Å². The van der Waals surface area contributed by atoms with E-state index in [4.69, 9.17) is 8.92 Å². The lowest BCUT2D eigenvalue weighted by Gasteiger charge is -2.07. The van der Waals surface area contributed by atoms with E-state index >= 15 is 0 Å². The lowest BCUT2D eigenvalue weighted by molar-refractivity contribution is 0.186. The number of carbonyl (C=O) groups excluding carboxylic acids is 1. The zero-order valence-corrected chi connectivity index (χ0v) is 14.7. The molecule has 0 aliphatic carbocycles. The van der Waals surface area contributed by atoms with E-state index in [-0.39, 0.29) is 16.6 Å². The summed E-state index contributed by atoms with van der Waals surface area (Å²) in [4.78, 5) is 18.2. The lowest BCUT2D eigenvalue weighted by atomic mass is 10.3. The number of carbonyl (C=O) groups is 1. The number of amides is 1. The smallest absolute Gasteiger partial charge is 0.413 e. The Bertz CT molecular complexity index is 1040. The van der Waals surface area contributed by atoms with Crippen LogP contribution in [0.1, 0.15) is 0 Å². The second-order valence-electron chi connectivity index (χ2n) is 5.09. The number of anilines is 1. The molecule has 0 bridgehead atoms. The minimum Gasteiger partial charge on any atom is -0.497 e. The highest BCUT2D eigenvalue weighted by molar-refractivity contribution is 7.87. The molecule has 0 radical (unpaired) electrons. The summed E-state index contributed by atoms with van der Waals surface area (Å²) >= 11 is 0. The molecule has 10 heteroatoms. The molecule has 1 amide bonds. The largest absolute Gasteiger partial charge is 0.497 e. The quantitative estimate of drug-likeness (QED) is 0.656. The summed E-state index contributed by atoms with van der Waals surface area (Å²) < 4.78 is 39.4. The zero-order chi connectivity index (χ0) is 18.7. The number of benzene rings is 2. The second kappa shape index (κ2) is 6.92. The number of nitrogens with one attached hydrogen (secondary N) is 2. The van der Waals surface area contributed by atoms with Crippen molar-refractivity contribution in [2.75, 3.05) is 19.5 Å². The molecule has 0 saturated carbocycles. The van der Waals surface area contributed by atoms with Crippen LogP contribution in [0.4, 0.5) is 10.7 Å². The van der Waals surface area contributed by atoms with Crippen LogP contribution in [-0.4, -0.2) is 38.7 Å². The first-order valence-corrected chi connectivity index (χ1v) is 8.75. The van der Waals surface area contributed by atoms with Gasteiger partial charge >= 0.3 is 16.2 Å². The molecule has 0 fully saturated rings. The van der Waals surface area contributed by atoms with E-state index in [9.17, 15) is 13.2 Å². The van der Waals surface area contributed by atoms with Crippen molar-refractivity contribution >= 4 is 33.2 Å². The molecular weight excluding hydrogens is 362 g/mol. The van der Waals surface area contributed by atoms with Crippen molar-refractivity contribution in [2.45, 2.75) is 4.90 Å². The van der Waals surface area contributed by atoms with Gasteiger partial charge in [0.25, 0.3) is 0 Å². The van der Waals surface area contributed by atoms with Crippen molar-refractivity contribution in [1.29, 1.82) is 0 Å². The summed E-state index contributed by atoms with van der Waals surface area (Å²) in [5.41, 5.74) is 1.00. The van der Waals surface area contributed by atoms with Crippen LogP contribution >= 0.6 is 0 Å². The van der Waals surface area contributed by atoms with Crippen LogP contribution in [-0.2, 0) is 14.9 Å². The van der Waals surface area contributed by atoms with Crippen molar-refractivity contribution < 1.29 is 26.9 Å². The molecule has 1 aromatic heterocycles. The fraction of sp³-hybridized carbons (Fsp3) is 0.125. The van der Waals surface area contributed by atoms with Gasteiger partial charge in [-0.15, -0.1) is 0 Å². The number of hydrogen-bond donors (Lipinski definition) is 2. The summed E-state index contributed by atoms with van der Waals surface area (Å²) in [5, 5.41) is 2.39. The fourth-order valence-corrected chi connectivity index (χ4v) is 3.09. The van der Waals surface area contributed by atoms with Gasteiger partial charge in [-0.05, 0) is 36.4 Å². The molecular formula is C16H15N3O6S. The van der Waals surface area contributed by atoms with E-state index in [2.05, 4.69) is 20.0 Å². The van der Waals surface area contributed by atoms with Crippen LogP contribution in [0.2, 0.25) is 0 Å². The summed E-state index contributed by atoms with van der Waals surface area (Å²) in [5.74, 6) is 0.803. The molecule has 2 N–H and O–H groups in total. The SMILES string of the molecule is COC(=O)Nc1nc2ccc(OS(=O)(=O)c3ccc(OC)cc3)cc2[nH]1. The molecule has 0 atom stereocenters. The fourth-order valence-electron chi connectivity index (χ4n) is 2.16. The van der Waals surface area contributed by atoms with Crippen LogP contribution < -0.4 is 14.2 Å². The first-order chi connectivity index (χ1) is 12.4. The number of nitrogens with zero attached hydrogens (tertiary/aromatic N) is 1. The number of fused-ring (bicyclic) bond motifs is 1. The topological polar surface area (TPSA) is 120 Å². The van der Waals surface area contributed by atoms with E-state index in [0.29, 0.717) is 16.8 Å². The molecule has 0 aliphatic rings. The Balaban J connectivity index is 1.84. The van der Waals surface area contributed by atoms with Gasteiger partial charge in [-0.3, -0.25) is 5.32 Å². The molecule has 0 saturated heterocycles. The van der Waals surface area contributed by atoms with Gasteiger partial charge in [-0.2, -0.15) is 8.42 Å². The summed E-state index contributed by atoms with van der Waals surface area (Å²) in [6.45, 7) is 0. The van der Waals surface area contributed by atoms with Crippen LogP contribution in [0.15, 0.2) is 47.4 Å². The van der Waals surface area contributed by atoms with Gasteiger partial charge in [0.2, 0.25) is 5.95 Å². The Kier molecular flexibility index (Phi) is 4.67. The number of ether oxygens (including phenoxy) is 2. The van der Waals surface area contributed by atoms with Gasteiger partial charge in [-0.25, -0.2) is 9.78 Å². The van der Waals surface area contributed by atoms with E-state index in [1.165, 1.54) is 50.6 Å². The van der Waals surface area contributed by atoms with Gasteiger partial charge < -0.3 is 18.6 Å². The minimum absolute atomic E-state index is 0.00365. The average molecular weight is 377 g/mol. The molecule has 3 rings (SSSR count). The number of aromatic amines is 1. The molecule has 0 aliphatic heterocycles. The van der Waals surface area contributed by atoms with Gasteiger partial charge in [-0.1, -0.05) is 0 Å². The predicted octanol–water partition coefficient (Wildman–Crippen LogP) is 2.52. The second-order valence-corrected chi connectivity index (χ2v) is 6.64. The number of imidazole rings is 1. The Morgan fingerprint density at radius 2 is 1.77 bits per heavy atom. The van der Waals surface area contributed by atoms with E-state index in [0.717, 1.165) is 0 Å². The number of methoxy groups -OCH3 is 2. The molecule has 26 heavy (non-hydrogen) atoms. The Labute approximate surface area is 149 Å². The first kappa shape index (κ1) is 17.5. The zero-order valence-electron chi connectivity index (χ0n) is 13.8. The molecule has 3 aromatic rings. The molecule has 0 unspecified atom stereocenters. The van der Waals surface area contributed by atoms with Gasteiger partial charge in [0.05, 0.1) is 25.3 Å². The third-order valence-corrected chi connectivity index (χ3v) is 4.67. The molecule has 1 heterocycles. The maximum Gasteiger partial charge on any atom is 0.413 e. The summed E-state index contributed by atoms with van der Waals surface area (Å²) in [6, 6.07) is 10.3. The Hall–Kier alpha value is -3.27. The third kappa shape index (κ3) is 3.70. The molecule has 136 valence electrons. The van der Waals surface area contributed by atoms with Crippen molar-refractivity contribution in [2.24, 2.45) is 0 Å². The van der Waals surface area contributed by atoms with E-state index in [1.807, 2.05) is 0 Å². The van der Waals surface area contributed by atoms with Gasteiger partial charge in [0.15, 0.2) is 0 Å². The van der Waals surface area contributed by atoms with Crippen molar-refractivity contribution in [3.05, 3.63) is 42.5 Å².